The Labute approximate surface area is 183 Å². The van der Waals surface area contributed by atoms with Gasteiger partial charge in [0.15, 0.2) is 0 Å². The molecule has 0 fully saturated rings. The molecule has 0 N–H and O–H groups in total. The second-order valence-corrected chi connectivity index (χ2v) is 8.43. The molecule has 152 valence electrons. The quantitative estimate of drug-likeness (QED) is 0.333. The van der Waals surface area contributed by atoms with Crippen molar-refractivity contribution in [3.63, 3.8) is 0 Å². The molecule has 0 aliphatic carbocycles. The summed E-state index contributed by atoms with van der Waals surface area (Å²) in [5.41, 5.74) is 8.72. The molecule has 0 radical (unpaired) electrons. The van der Waals surface area contributed by atoms with Crippen LogP contribution >= 0.6 is 20.2 Å². The van der Waals surface area contributed by atoms with Gasteiger partial charge in [-0.25, -0.2) is 0 Å². The van der Waals surface area contributed by atoms with Gasteiger partial charge in [-0.3, -0.25) is 15.0 Å². The maximum absolute atomic E-state index is 4.76. The number of hydrogen-bond acceptors (Lipinski definition) is 3. The van der Waals surface area contributed by atoms with Crippen molar-refractivity contribution < 1.29 is 13.1 Å². The Morgan fingerprint density at radius 2 is 1.21 bits per heavy atom. The zero-order chi connectivity index (χ0) is 21.1. The number of aliphatic imine (C=N–C) groups is 3. The van der Waals surface area contributed by atoms with Crippen molar-refractivity contribution >= 4 is 49.2 Å². The second-order valence-electron chi connectivity index (χ2n) is 6.60. The first-order valence-corrected chi connectivity index (χ1v) is 11.9. The third-order valence-electron chi connectivity index (χ3n) is 4.07. The van der Waals surface area contributed by atoms with Crippen LogP contribution in [0.2, 0.25) is 0 Å². The molecule has 0 aliphatic rings. The molecular formula is C22H27Cl2FeN3. The van der Waals surface area contributed by atoms with Crippen LogP contribution in [0.25, 0.3) is 0 Å². The van der Waals surface area contributed by atoms with Crippen molar-refractivity contribution in [1.82, 2.24) is 0 Å². The third kappa shape index (κ3) is 8.28. The topological polar surface area (TPSA) is 37.1 Å². The fraction of sp³-hybridized carbons (Fsp3) is 0.318. The Kier molecular flexibility index (Phi) is 11.3. The minimum atomic E-state index is 0.194. The van der Waals surface area contributed by atoms with E-state index in [-0.39, 0.29) is 13.1 Å². The van der Waals surface area contributed by atoms with Gasteiger partial charge in [-0.1, -0.05) is 36.4 Å². The molecule has 6 heteroatoms. The molecule has 28 heavy (non-hydrogen) atoms. The molecule has 0 amide bonds. The van der Waals surface area contributed by atoms with Gasteiger partial charge in [-0.2, -0.15) is 0 Å². The molecular weight excluding hydrogens is 433 g/mol. The third-order valence-corrected chi connectivity index (χ3v) is 4.07. The predicted octanol–water partition coefficient (Wildman–Crippen LogP) is 7.25. The van der Waals surface area contributed by atoms with Crippen molar-refractivity contribution in [2.75, 3.05) is 6.54 Å². The number of hydrogen-bond donors (Lipinski definition) is 0. The van der Waals surface area contributed by atoms with Gasteiger partial charge in [0.25, 0.3) is 0 Å². The summed E-state index contributed by atoms with van der Waals surface area (Å²) in [6.45, 7) is 12.9. The van der Waals surface area contributed by atoms with Gasteiger partial charge in [0.2, 0.25) is 0 Å². The molecule has 0 saturated carbocycles. The first-order chi connectivity index (χ1) is 13.3. The van der Waals surface area contributed by atoms with Crippen LogP contribution in [0.5, 0.6) is 0 Å². The average molecular weight is 460 g/mol. The van der Waals surface area contributed by atoms with E-state index in [4.69, 9.17) is 30.2 Å². The Bertz CT molecular complexity index is 834. The summed E-state index contributed by atoms with van der Waals surface area (Å²) < 4.78 is 0. The number of para-hydroxylation sites is 2. The summed E-state index contributed by atoms with van der Waals surface area (Å²) in [7, 11) is 9.53. The first-order valence-electron chi connectivity index (χ1n) is 8.87. The van der Waals surface area contributed by atoms with Gasteiger partial charge in [0, 0.05) is 11.9 Å². The van der Waals surface area contributed by atoms with E-state index in [1.165, 1.54) is 22.3 Å². The molecule has 0 unspecified atom stereocenters. The van der Waals surface area contributed by atoms with E-state index in [9.17, 15) is 0 Å². The van der Waals surface area contributed by atoms with E-state index >= 15 is 0 Å². The number of aryl methyl sites for hydroxylation is 4. The van der Waals surface area contributed by atoms with Gasteiger partial charge in [0.05, 0.1) is 23.6 Å². The van der Waals surface area contributed by atoms with Crippen LogP contribution in [0.3, 0.4) is 0 Å². The van der Waals surface area contributed by atoms with Gasteiger partial charge in [-0.15, -0.1) is 0 Å². The first kappa shape index (κ1) is 24.6. The summed E-state index contributed by atoms with van der Waals surface area (Å²) in [4.78, 5) is 13.9. The Morgan fingerprint density at radius 3 is 1.64 bits per heavy atom. The van der Waals surface area contributed by atoms with E-state index in [2.05, 4.69) is 69.1 Å². The van der Waals surface area contributed by atoms with Gasteiger partial charge >= 0.3 is 33.3 Å². The van der Waals surface area contributed by atoms with Crippen molar-refractivity contribution in [1.29, 1.82) is 0 Å². The molecule has 0 atom stereocenters. The maximum atomic E-state index is 4.76. The molecule has 0 aliphatic heterocycles. The Morgan fingerprint density at radius 1 is 0.821 bits per heavy atom. The number of halogens is 2. The number of nitrogens with zero attached hydrogens (tertiary/aromatic N) is 3. The molecule has 3 nitrogen and oxygen atoms in total. The summed E-state index contributed by atoms with van der Waals surface area (Å²) >= 11 is 0.194. The summed E-state index contributed by atoms with van der Waals surface area (Å²) in [6.07, 6.45) is 1.83. The van der Waals surface area contributed by atoms with Crippen LogP contribution in [-0.4, -0.2) is 24.2 Å². The molecule has 2 aromatic carbocycles. The van der Waals surface area contributed by atoms with Gasteiger partial charge in [0.1, 0.15) is 0 Å². The van der Waals surface area contributed by atoms with Gasteiger partial charge < -0.3 is 0 Å². The van der Waals surface area contributed by atoms with Crippen LogP contribution in [0.1, 0.15) is 36.1 Å². The zero-order valence-corrected chi connectivity index (χ0v) is 19.8. The van der Waals surface area contributed by atoms with Crippen molar-refractivity contribution in [3.05, 3.63) is 58.7 Å². The zero-order valence-electron chi connectivity index (χ0n) is 17.2. The average Bonchev–Trinajstić information content (AvgIpc) is 2.62. The summed E-state index contributed by atoms with van der Waals surface area (Å²) in [6, 6.07) is 12.5. The fourth-order valence-electron chi connectivity index (χ4n) is 2.71. The summed E-state index contributed by atoms with van der Waals surface area (Å²) in [5, 5.41) is 0. The molecule has 0 aromatic heterocycles. The fourth-order valence-corrected chi connectivity index (χ4v) is 2.71. The Hall–Kier alpha value is -1.45. The van der Waals surface area contributed by atoms with E-state index in [1.807, 2.05) is 20.1 Å². The van der Waals surface area contributed by atoms with Crippen molar-refractivity contribution in [3.8, 4) is 0 Å². The molecule has 2 rings (SSSR count). The molecule has 2 aromatic rings. The van der Waals surface area contributed by atoms with E-state index in [0.717, 1.165) is 22.8 Å². The van der Waals surface area contributed by atoms with Gasteiger partial charge in [-0.05, 0) is 63.8 Å². The summed E-state index contributed by atoms with van der Waals surface area (Å²) in [5.74, 6) is 0. The standard InChI is InChI=1S/C22H27N3.2ClH.Fe/c1-15-9-7-10-16(2)21(15)24-19(5)13-23-14-20(6)25-22-17(3)11-8-12-18(22)4;;;/h7-13H,14H2,1-6H3;2*1H;/q;;;+2/p-2. The number of benzene rings is 2. The second kappa shape index (κ2) is 12.9. The molecule has 0 spiro atoms. The van der Waals surface area contributed by atoms with E-state index in [0.29, 0.717) is 6.54 Å². The van der Waals surface area contributed by atoms with Crippen molar-refractivity contribution in [2.24, 2.45) is 15.0 Å². The van der Waals surface area contributed by atoms with Crippen molar-refractivity contribution in [2.45, 2.75) is 41.5 Å². The van der Waals surface area contributed by atoms with Crippen LogP contribution < -0.4 is 0 Å². The van der Waals surface area contributed by atoms with Crippen LogP contribution in [0.15, 0.2) is 51.4 Å². The van der Waals surface area contributed by atoms with E-state index in [1.54, 1.807) is 0 Å². The molecule has 0 heterocycles. The number of rotatable bonds is 5. The normalized spacial score (nSPS) is 12.3. The SMILES string of the molecule is CC(C=NCC(C)=Nc1c(C)cccc1C)=Nc1c(C)cccc1C.[Cl][Fe][Cl]. The van der Waals surface area contributed by atoms with Crippen LogP contribution in [0.4, 0.5) is 11.4 Å². The van der Waals surface area contributed by atoms with Crippen LogP contribution in [0, 0.1) is 27.7 Å². The Balaban J connectivity index is 0.00000122. The molecule has 0 saturated heterocycles. The van der Waals surface area contributed by atoms with E-state index < -0.39 is 0 Å². The minimum absolute atomic E-state index is 0.194. The van der Waals surface area contributed by atoms with Crippen LogP contribution in [-0.2, 0) is 13.1 Å². The monoisotopic (exact) mass is 459 g/mol. The predicted molar refractivity (Wildman–Crippen MR) is 122 cm³/mol. The molecule has 0 bridgehead atoms.